The minimum atomic E-state index is 0.0261. The highest BCUT2D eigenvalue weighted by molar-refractivity contribution is 5.88. The molecule has 3 heterocycles. The molecular formula is C18H26N6O. The zero-order valence-corrected chi connectivity index (χ0v) is 14.7. The molecule has 25 heavy (non-hydrogen) atoms. The van der Waals surface area contributed by atoms with Gasteiger partial charge in [0.15, 0.2) is 5.65 Å². The molecule has 4 rings (SSSR count). The van der Waals surface area contributed by atoms with Gasteiger partial charge in [-0.15, -0.1) is 0 Å². The summed E-state index contributed by atoms with van der Waals surface area (Å²) in [5.41, 5.74) is 0.743. The third-order valence-electron chi connectivity index (χ3n) is 5.33. The Morgan fingerprint density at radius 3 is 2.60 bits per heavy atom. The summed E-state index contributed by atoms with van der Waals surface area (Å²) in [4.78, 5) is 23.5. The van der Waals surface area contributed by atoms with Gasteiger partial charge in [-0.1, -0.05) is 25.7 Å². The zero-order valence-electron chi connectivity index (χ0n) is 14.7. The van der Waals surface area contributed by atoms with Crippen molar-refractivity contribution in [1.29, 1.82) is 0 Å². The molecular weight excluding hydrogens is 316 g/mol. The quantitative estimate of drug-likeness (QED) is 0.863. The summed E-state index contributed by atoms with van der Waals surface area (Å²) < 4.78 is 1.70. The van der Waals surface area contributed by atoms with Crippen LogP contribution in [0.1, 0.15) is 51.4 Å². The first-order valence-electron chi connectivity index (χ1n) is 9.52. The Hall–Kier alpha value is -2.18. The number of hydrogen-bond acceptors (Lipinski definition) is 5. The maximum Gasteiger partial charge on any atom is 0.242 e. The maximum atomic E-state index is 12.4. The van der Waals surface area contributed by atoms with E-state index >= 15 is 0 Å². The van der Waals surface area contributed by atoms with Gasteiger partial charge in [0.1, 0.15) is 18.7 Å². The van der Waals surface area contributed by atoms with Crippen molar-refractivity contribution in [3.8, 4) is 0 Å². The number of rotatable bonds is 4. The average molecular weight is 342 g/mol. The first-order chi connectivity index (χ1) is 12.3. The Balaban J connectivity index is 1.47. The van der Waals surface area contributed by atoms with Gasteiger partial charge in [-0.3, -0.25) is 4.79 Å². The molecule has 0 spiro atoms. The fourth-order valence-electron chi connectivity index (χ4n) is 4.01. The van der Waals surface area contributed by atoms with Gasteiger partial charge in [0.2, 0.25) is 5.91 Å². The highest BCUT2D eigenvalue weighted by Gasteiger charge is 2.20. The molecule has 7 heteroatoms. The lowest BCUT2D eigenvalue weighted by Gasteiger charge is -2.17. The Bertz CT molecular complexity index is 728. The molecule has 2 aromatic heterocycles. The van der Waals surface area contributed by atoms with Crippen LogP contribution in [-0.4, -0.2) is 44.8 Å². The second-order valence-electron chi connectivity index (χ2n) is 7.19. The van der Waals surface area contributed by atoms with Crippen molar-refractivity contribution < 1.29 is 4.79 Å². The van der Waals surface area contributed by atoms with E-state index < -0.39 is 0 Å². The summed E-state index contributed by atoms with van der Waals surface area (Å²) in [6.45, 7) is 2.27. The second-order valence-corrected chi connectivity index (χ2v) is 7.19. The molecule has 0 aromatic carbocycles. The Morgan fingerprint density at radius 1 is 1.08 bits per heavy atom. The normalized spacial score (nSPS) is 19.3. The van der Waals surface area contributed by atoms with Gasteiger partial charge in [0.25, 0.3) is 0 Å². The lowest BCUT2D eigenvalue weighted by molar-refractivity contribution is -0.122. The zero-order chi connectivity index (χ0) is 17.1. The van der Waals surface area contributed by atoms with E-state index in [1.807, 2.05) is 0 Å². The van der Waals surface area contributed by atoms with Gasteiger partial charge in [0.05, 0.1) is 11.6 Å². The number of anilines is 1. The minimum absolute atomic E-state index is 0.0261. The largest absolute Gasteiger partial charge is 0.356 e. The fraction of sp³-hybridized carbons (Fsp3) is 0.667. The third kappa shape index (κ3) is 3.60. The van der Waals surface area contributed by atoms with Crippen molar-refractivity contribution in [1.82, 2.24) is 25.1 Å². The Morgan fingerprint density at radius 2 is 1.84 bits per heavy atom. The van der Waals surface area contributed by atoms with Gasteiger partial charge >= 0.3 is 0 Å². The van der Waals surface area contributed by atoms with Crippen LogP contribution in [0.4, 0.5) is 5.82 Å². The average Bonchev–Trinajstić information content (AvgIpc) is 3.21. The number of hydrogen-bond donors (Lipinski definition) is 1. The highest BCUT2D eigenvalue weighted by Crippen LogP contribution is 2.25. The van der Waals surface area contributed by atoms with Crippen molar-refractivity contribution in [2.45, 2.75) is 64.0 Å². The van der Waals surface area contributed by atoms with E-state index in [0.29, 0.717) is 6.04 Å². The molecule has 134 valence electrons. The van der Waals surface area contributed by atoms with Crippen molar-refractivity contribution in [2.75, 3.05) is 18.0 Å². The van der Waals surface area contributed by atoms with E-state index in [-0.39, 0.29) is 12.5 Å². The van der Waals surface area contributed by atoms with Crippen LogP contribution in [0.15, 0.2) is 12.5 Å². The van der Waals surface area contributed by atoms with Crippen molar-refractivity contribution >= 4 is 22.8 Å². The predicted octanol–water partition coefficient (Wildman–Crippen LogP) is 2.27. The lowest BCUT2D eigenvalue weighted by atomic mass is 10.1. The minimum Gasteiger partial charge on any atom is -0.356 e. The van der Waals surface area contributed by atoms with Crippen LogP contribution < -0.4 is 10.2 Å². The molecule has 1 amide bonds. The predicted molar refractivity (Wildman–Crippen MR) is 96.4 cm³/mol. The second kappa shape index (κ2) is 7.37. The number of aromatic nitrogens is 4. The van der Waals surface area contributed by atoms with Crippen LogP contribution >= 0.6 is 0 Å². The van der Waals surface area contributed by atoms with Gasteiger partial charge in [0, 0.05) is 19.1 Å². The number of amides is 1. The van der Waals surface area contributed by atoms with E-state index in [1.54, 1.807) is 17.2 Å². The van der Waals surface area contributed by atoms with Crippen molar-refractivity contribution in [3.05, 3.63) is 12.5 Å². The molecule has 0 radical (unpaired) electrons. The molecule has 1 aliphatic carbocycles. The molecule has 2 aromatic rings. The van der Waals surface area contributed by atoms with Crippen molar-refractivity contribution in [2.24, 2.45) is 0 Å². The number of fused-ring (bicyclic) bond motifs is 1. The smallest absolute Gasteiger partial charge is 0.242 e. The SMILES string of the molecule is O=C(Cn1ncc2c(N3CCCC3)ncnc21)NC1CCCCCC1. The number of carbonyl (C=O) groups is 1. The van der Waals surface area contributed by atoms with E-state index in [2.05, 4.69) is 25.3 Å². The van der Waals surface area contributed by atoms with E-state index in [4.69, 9.17) is 0 Å². The molecule has 1 N–H and O–H groups in total. The van der Waals surface area contributed by atoms with E-state index in [1.165, 1.54) is 38.5 Å². The standard InChI is InChI=1S/C18H26N6O/c25-16(22-14-7-3-1-2-4-8-14)12-24-18-15(11-21-24)17(19-13-20-18)23-9-5-6-10-23/h11,13-14H,1-10,12H2,(H,22,25). The van der Waals surface area contributed by atoms with Gasteiger partial charge in [-0.05, 0) is 25.7 Å². The number of nitrogens with one attached hydrogen (secondary N) is 1. The van der Waals surface area contributed by atoms with E-state index in [0.717, 1.165) is 42.8 Å². The van der Waals surface area contributed by atoms with Crippen LogP contribution in [-0.2, 0) is 11.3 Å². The summed E-state index contributed by atoms with van der Waals surface area (Å²) in [5, 5.41) is 8.52. The number of nitrogens with zero attached hydrogens (tertiary/aromatic N) is 5. The molecule has 0 bridgehead atoms. The molecule has 0 unspecified atom stereocenters. The van der Waals surface area contributed by atoms with Gasteiger partial charge in [-0.2, -0.15) is 5.10 Å². The molecule has 2 aliphatic rings. The first kappa shape index (κ1) is 16.3. The lowest BCUT2D eigenvalue weighted by Crippen LogP contribution is -2.36. The summed E-state index contributed by atoms with van der Waals surface area (Å²) in [5.74, 6) is 0.969. The Labute approximate surface area is 147 Å². The molecule has 1 saturated heterocycles. The highest BCUT2D eigenvalue weighted by atomic mass is 16.2. The van der Waals surface area contributed by atoms with Crippen LogP contribution in [0.2, 0.25) is 0 Å². The Kier molecular flexibility index (Phi) is 4.81. The summed E-state index contributed by atoms with van der Waals surface area (Å²) in [7, 11) is 0. The summed E-state index contributed by atoms with van der Waals surface area (Å²) in [6, 6.07) is 0.312. The fourth-order valence-corrected chi connectivity index (χ4v) is 4.01. The van der Waals surface area contributed by atoms with E-state index in [9.17, 15) is 4.79 Å². The summed E-state index contributed by atoms with van der Waals surface area (Å²) in [6.07, 6.45) is 12.9. The summed E-state index contributed by atoms with van der Waals surface area (Å²) >= 11 is 0. The monoisotopic (exact) mass is 342 g/mol. The number of carbonyl (C=O) groups excluding carboxylic acids is 1. The van der Waals surface area contributed by atoms with Crippen LogP contribution in [0.3, 0.4) is 0 Å². The third-order valence-corrected chi connectivity index (χ3v) is 5.33. The topological polar surface area (TPSA) is 75.9 Å². The van der Waals surface area contributed by atoms with Crippen LogP contribution in [0, 0.1) is 0 Å². The molecule has 0 atom stereocenters. The van der Waals surface area contributed by atoms with Gasteiger partial charge in [-0.25, -0.2) is 14.6 Å². The molecule has 2 fully saturated rings. The van der Waals surface area contributed by atoms with Crippen LogP contribution in [0.25, 0.3) is 11.0 Å². The van der Waals surface area contributed by atoms with Crippen molar-refractivity contribution in [3.63, 3.8) is 0 Å². The van der Waals surface area contributed by atoms with Gasteiger partial charge < -0.3 is 10.2 Å². The molecule has 1 saturated carbocycles. The first-order valence-corrected chi connectivity index (χ1v) is 9.52. The molecule has 1 aliphatic heterocycles. The van der Waals surface area contributed by atoms with Crippen LogP contribution in [0.5, 0.6) is 0 Å². The maximum absolute atomic E-state index is 12.4. The molecule has 7 nitrogen and oxygen atoms in total.